The van der Waals surface area contributed by atoms with Crippen molar-refractivity contribution in [2.45, 2.75) is 38.5 Å². The van der Waals surface area contributed by atoms with Gasteiger partial charge in [0, 0.05) is 6.07 Å². The van der Waals surface area contributed by atoms with Crippen LogP contribution in [0, 0.1) is 34.8 Å². The smallest absolute Gasteiger partial charge is 0.314 e. The van der Waals surface area contributed by atoms with Crippen LogP contribution in [0.1, 0.15) is 38.5 Å². The minimum atomic E-state index is -1.04. The summed E-state index contributed by atoms with van der Waals surface area (Å²) in [6.45, 7) is 0. The molecule has 3 nitrogen and oxygen atoms in total. The summed E-state index contributed by atoms with van der Waals surface area (Å²) >= 11 is 0. The quantitative estimate of drug-likeness (QED) is 0.295. The van der Waals surface area contributed by atoms with E-state index in [0.29, 0.717) is 18.8 Å². The Morgan fingerprint density at radius 3 is 2.62 bits per heavy atom. The molecule has 1 aliphatic carbocycles. The first-order valence-electron chi connectivity index (χ1n) is 8.58. The molecule has 1 aromatic carbocycles. The Morgan fingerprint density at radius 2 is 1.96 bits per heavy atom. The average Bonchev–Trinajstić information content (AvgIpc) is 2.64. The fourth-order valence-corrected chi connectivity index (χ4v) is 3.04. The molecule has 1 fully saturated rings. The third kappa shape index (κ3) is 6.07. The summed E-state index contributed by atoms with van der Waals surface area (Å²) in [5.74, 6) is -2.99. The normalized spacial score (nSPS) is 20.8. The topological polar surface area (TPSA) is 50.1 Å². The fraction of sp³-hybridized carbons (Fsp3) is 0.400. The van der Waals surface area contributed by atoms with Gasteiger partial charge in [-0.15, -0.1) is 0 Å². The van der Waals surface area contributed by atoms with E-state index in [2.05, 4.69) is 0 Å². The summed E-state index contributed by atoms with van der Waals surface area (Å²) in [4.78, 5) is 12.1. The maximum Gasteiger partial charge on any atom is 0.314 e. The highest BCUT2D eigenvalue weighted by molar-refractivity contribution is 5.75. The van der Waals surface area contributed by atoms with Gasteiger partial charge in [-0.2, -0.15) is 9.65 Å². The lowest BCUT2D eigenvalue weighted by Crippen LogP contribution is -2.25. The van der Waals surface area contributed by atoms with Crippen molar-refractivity contribution in [2.75, 3.05) is 0 Å². The van der Waals surface area contributed by atoms with Crippen LogP contribution in [0.2, 0.25) is 0 Å². The first-order chi connectivity index (χ1) is 12.5. The molecule has 0 unspecified atom stereocenters. The summed E-state index contributed by atoms with van der Waals surface area (Å²) < 4.78 is 43.8. The molecule has 1 aromatic rings. The summed E-state index contributed by atoms with van der Waals surface area (Å²) in [6.07, 6.45) is 9.35. The Morgan fingerprint density at radius 1 is 1.23 bits per heavy atom. The molecule has 0 bridgehead atoms. The van der Waals surface area contributed by atoms with Crippen molar-refractivity contribution in [3.05, 3.63) is 53.9 Å². The number of carbonyl (C=O) groups is 1. The second-order valence-corrected chi connectivity index (χ2v) is 6.35. The van der Waals surface area contributed by atoms with Gasteiger partial charge in [0.1, 0.15) is 11.8 Å². The number of halogens is 3. The van der Waals surface area contributed by atoms with Crippen LogP contribution in [0.25, 0.3) is 0 Å². The predicted molar refractivity (Wildman–Crippen MR) is 90.6 cm³/mol. The van der Waals surface area contributed by atoms with Crippen molar-refractivity contribution in [1.29, 1.82) is 5.26 Å². The molecule has 0 amide bonds. The maximum atomic E-state index is 13.1. The van der Waals surface area contributed by atoms with Gasteiger partial charge in [-0.3, -0.25) is 4.79 Å². The van der Waals surface area contributed by atoms with Gasteiger partial charge in [0.15, 0.2) is 17.5 Å². The molecular weight excluding hydrogens is 343 g/mol. The predicted octanol–water partition coefficient (Wildman–Crippen LogP) is 5.39. The summed E-state index contributed by atoms with van der Waals surface area (Å²) in [5.41, 5.74) is 0. The molecule has 1 saturated carbocycles. The van der Waals surface area contributed by atoms with Gasteiger partial charge in [-0.05, 0) is 62.7 Å². The lowest BCUT2D eigenvalue weighted by atomic mass is 9.80. The molecule has 26 heavy (non-hydrogen) atoms. The van der Waals surface area contributed by atoms with E-state index >= 15 is 0 Å². The van der Waals surface area contributed by atoms with Crippen LogP contribution in [0.5, 0.6) is 5.75 Å². The second kappa shape index (κ2) is 9.81. The summed E-state index contributed by atoms with van der Waals surface area (Å²) in [6, 6.07) is 4.44. The maximum absolute atomic E-state index is 13.1. The Labute approximate surface area is 150 Å². The molecule has 0 spiro atoms. The number of ether oxygens (including phenoxy) is 1. The molecule has 0 N–H and O–H groups in total. The molecule has 0 saturated heterocycles. The lowest BCUT2D eigenvalue weighted by molar-refractivity contribution is -0.140. The summed E-state index contributed by atoms with van der Waals surface area (Å²) in [7, 11) is 0. The number of benzene rings is 1. The molecule has 0 heterocycles. The van der Waals surface area contributed by atoms with Gasteiger partial charge >= 0.3 is 5.97 Å². The van der Waals surface area contributed by atoms with Gasteiger partial charge in [-0.25, -0.2) is 8.78 Å². The summed E-state index contributed by atoms with van der Waals surface area (Å²) in [5, 5.41) is 8.28. The third-order valence-corrected chi connectivity index (χ3v) is 4.52. The first kappa shape index (κ1) is 19.8. The van der Waals surface area contributed by atoms with Crippen molar-refractivity contribution in [3.8, 4) is 11.8 Å². The van der Waals surface area contributed by atoms with Crippen LogP contribution in [0.3, 0.4) is 0 Å². The Bertz CT molecular complexity index is 729. The van der Waals surface area contributed by atoms with Gasteiger partial charge in [0.05, 0.1) is 5.92 Å². The number of hydrogen-bond donors (Lipinski definition) is 0. The SMILES string of the molecule is N#CC(F)=CC=CCC[C@H]1CC[C@H](C(=O)Oc2ccc(F)c(F)c2)CC1. The molecule has 0 atom stereocenters. The van der Waals surface area contributed by atoms with E-state index < -0.39 is 23.4 Å². The molecule has 0 aliphatic heterocycles. The number of carbonyl (C=O) groups excluding carboxylic acids is 1. The molecule has 2 rings (SSSR count). The van der Waals surface area contributed by atoms with Crippen LogP contribution in [-0.4, -0.2) is 5.97 Å². The zero-order valence-corrected chi connectivity index (χ0v) is 14.3. The van der Waals surface area contributed by atoms with Crippen molar-refractivity contribution in [3.63, 3.8) is 0 Å². The molecule has 0 radical (unpaired) electrons. The molecular formula is C20H20F3NO2. The number of allylic oxidation sites excluding steroid dienone is 4. The van der Waals surface area contributed by atoms with Gasteiger partial charge in [0.2, 0.25) is 0 Å². The first-order valence-corrected chi connectivity index (χ1v) is 8.58. The van der Waals surface area contributed by atoms with Crippen LogP contribution in [-0.2, 0) is 4.79 Å². The number of hydrogen-bond acceptors (Lipinski definition) is 3. The van der Waals surface area contributed by atoms with E-state index in [4.69, 9.17) is 10.00 Å². The number of nitrogens with zero attached hydrogens (tertiary/aromatic N) is 1. The molecule has 1 aliphatic rings. The highest BCUT2D eigenvalue weighted by Gasteiger charge is 2.27. The van der Waals surface area contributed by atoms with Crippen molar-refractivity contribution in [1.82, 2.24) is 0 Å². The highest BCUT2D eigenvalue weighted by Crippen LogP contribution is 2.32. The van der Waals surface area contributed by atoms with Gasteiger partial charge < -0.3 is 4.74 Å². The van der Waals surface area contributed by atoms with Crippen LogP contribution in [0.15, 0.2) is 42.3 Å². The van der Waals surface area contributed by atoms with E-state index in [1.807, 2.05) is 6.08 Å². The Kier molecular flexibility index (Phi) is 7.46. The minimum Gasteiger partial charge on any atom is -0.426 e. The monoisotopic (exact) mass is 363 g/mol. The molecule has 0 aromatic heterocycles. The number of esters is 1. The van der Waals surface area contributed by atoms with Crippen molar-refractivity contribution >= 4 is 5.97 Å². The minimum absolute atomic E-state index is 0.0128. The van der Waals surface area contributed by atoms with Gasteiger partial charge in [0.25, 0.3) is 0 Å². The van der Waals surface area contributed by atoms with Crippen LogP contribution in [0.4, 0.5) is 13.2 Å². The van der Waals surface area contributed by atoms with E-state index in [9.17, 15) is 18.0 Å². The zero-order chi connectivity index (χ0) is 18.9. The number of rotatable bonds is 6. The Hall–Kier alpha value is -2.55. The van der Waals surface area contributed by atoms with E-state index in [0.717, 1.165) is 43.9 Å². The van der Waals surface area contributed by atoms with Crippen molar-refractivity contribution in [2.24, 2.45) is 11.8 Å². The Balaban J connectivity index is 1.73. The van der Waals surface area contributed by atoms with Crippen LogP contribution < -0.4 is 4.74 Å². The zero-order valence-electron chi connectivity index (χ0n) is 14.3. The average molecular weight is 363 g/mol. The van der Waals surface area contributed by atoms with Gasteiger partial charge in [-0.1, -0.05) is 12.2 Å². The van der Waals surface area contributed by atoms with E-state index in [-0.39, 0.29) is 11.7 Å². The lowest BCUT2D eigenvalue weighted by Gasteiger charge is -2.26. The fourth-order valence-electron chi connectivity index (χ4n) is 3.04. The van der Waals surface area contributed by atoms with E-state index in [1.165, 1.54) is 18.2 Å². The second-order valence-electron chi connectivity index (χ2n) is 6.35. The van der Waals surface area contributed by atoms with Crippen molar-refractivity contribution < 1.29 is 22.7 Å². The highest BCUT2D eigenvalue weighted by atomic mass is 19.2. The third-order valence-electron chi connectivity index (χ3n) is 4.52. The standard InChI is InChI=1S/C20H20F3NO2/c21-16(13-24)5-3-1-2-4-14-6-8-15(9-7-14)20(25)26-17-10-11-18(22)19(23)12-17/h1,3,5,10-12,14-15H,2,4,6-9H2/t14-,15-. The largest absolute Gasteiger partial charge is 0.426 e. The number of nitriles is 1. The molecule has 6 heteroatoms. The van der Waals surface area contributed by atoms with Crippen LogP contribution >= 0.6 is 0 Å². The van der Waals surface area contributed by atoms with E-state index in [1.54, 1.807) is 0 Å². The molecule has 138 valence electrons.